The first-order chi connectivity index (χ1) is 9.75. The molecule has 0 saturated heterocycles. The highest BCUT2D eigenvalue weighted by Crippen LogP contribution is 2.22. The Morgan fingerprint density at radius 1 is 1.20 bits per heavy atom. The molecule has 1 N–H and O–H groups in total. The Bertz CT molecular complexity index is 383. The van der Waals surface area contributed by atoms with Gasteiger partial charge in [0.25, 0.3) is 0 Å². The summed E-state index contributed by atoms with van der Waals surface area (Å²) in [5.41, 5.74) is 1.35. The van der Waals surface area contributed by atoms with E-state index >= 15 is 0 Å². The van der Waals surface area contributed by atoms with E-state index in [9.17, 15) is 0 Å². The Hall–Kier alpha value is -1.02. The highest BCUT2D eigenvalue weighted by molar-refractivity contribution is 5.30. The first kappa shape index (κ1) is 15.4. The number of benzene rings is 1. The summed E-state index contributed by atoms with van der Waals surface area (Å²) in [5, 5.41) is 3.54. The Kier molecular flexibility index (Phi) is 6.38. The third-order valence-corrected chi connectivity index (χ3v) is 4.23. The molecule has 112 valence electrons. The van der Waals surface area contributed by atoms with Crippen LogP contribution in [0.4, 0.5) is 0 Å². The van der Waals surface area contributed by atoms with Crippen LogP contribution < -0.4 is 10.1 Å². The third kappa shape index (κ3) is 5.16. The van der Waals surface area contributed by atoms with E-state index in [0.717, 1.165) is 31.4 Å². The average molecular weight is 275 g/mol. The van der Waals surface area contributed by atoms with Crippen LogP contribution in [0.15, 0.2) is 24.3 Å². The van der Waals surface area contributed by atoms with Crippen molar-refractivity contribution in [1.82, 2.24) is 5.32 Å². The largest absolute Gasteiger partial charge is 0.492 e. The SMILES string of the molecule is CC(C)c1cccc(OCCNCC2CCCCC2)c1. The van der Waals surface area contributed by atoms with E-state index in [0.29, 0.717) is 5.92 Å². The minimum Gasteiger partial charge on any atom is -0.492 e. The van der Waals surface area contributed by atoms with Crippen molar-refractivity contribution in [2.24, 2.45) is 5.92 Å². The standard InChI is InChI=1S/C18H29NO/c1-15(2)17-9-6-10-18(13-17)20-12-11-19-14-16-7-4-3-5-8-16/h6,9-10,13,15-16,19H,3-5,7-8,11-12,14H2,1-2H3. The molecule has 0 aliphatic heterocycles. The van der Waals surface area contributed by atoms with Crippen LogP contribution in [0.1, 0.15) is 57.4 Å². The van der Waals surface area contributed by atoms with Crippen molar-refractivity contribution in [3.05, 3.63) is 29.8 Å². The lowest BCUT2D eigenvalue weighted by Gasteiger charge is -2.21. The van der Waals surface area contributed by atoms with Gasteiger partial charge in [-0.25, -0.2) is 0 Å². The van der Waals surface area contributed by atoms with Gasteiger partial charge in [0.2, 0.25) is 0 Å². The van der Waals surface area contributed by atoms with E-state index in [-0.39, 0.29) is 0 Å². The van der Waals surface area contributed by atoms with Gasteiger partial charge in [0.1, 0.15) is 12.4 Å². The summed E-state index contributed by atoms with van der Waals surface area (Å²) in [6.07, 6.45) is 7.09. The van der Waals surface area contributed by atoms with Crippen LogP contribution in [0.25, 0.3) is 0 Å². The van der Waals surface area contributed by atoms with E-state index in [1.54, 1.807) is 0 Å². The summed E-state index contributed by atoms with van der Waals surface area (Å²) in [6, 6.07) is 8.46. The van der Waals surface area contributed by atoms with Gasteiger partial charge in [0.15, 0.2) is 0 Å². The minimum absolute atomic E-state index is 0.558. The Labute approximate surface area is 123 Å². The average Bonchev–Trinajstić information content (AvgIpc) is 2.48. The van der Waals surface area contributed by atoms with Crippen LogP contribution in [0, 0.1) is 5.92 Å². The van der Waals surface area contributed by atoms with Gasteiger partial charge in [0, 0.05) is 6.54 Å². The maximum Gasteiger partial charge on any atom is 0.119 e. The number of rotatable bonds is 7. The highest BCUT2D eigenvalue weighted by Gasteiger charge is 2.12. The molecular formula is C18H29NO. The fourth-order valence-corrected chi connectivity index (χ4v) is 2.90. The smallest absolute Gasteiger partial charge is 0.119 e. The predicted octanol–water partition coefficient (Wildman–Crippen LogP) is 4.36. The number of ether oxygens (including phenoxy) is 1. The van der Waals surface area contributed by atoms with E-state index in [1.807, 2.05) is 6.07 Å². The van der Waals surface area contributed by atoms with Gasteiger partial charge in [-0.3, -0.25) is 0 Å². The Balaban J connectivity index is 1.61. The second-order valence-electron chi connectivity index (χ2n) is 6.28. The fraction of sp³-hybridized carbons (Fsp3) is 0.667. The van der Waals surface area contributed by atoms with Crippen molar-refractivity contribution < 1.29 is 4.74 Å². The maximum atomic E-state index is 5.82. The molecule has 0 bridgehead atoms. The first-order valence-electron chi connectivity index (χ1n) is 8.19. The zero-order valence-corrected chi connectivity index (χ0v) is 13.0. The molecule has 20 heavy (non-hydrogen) atoms. The van der Waals surface area contributed by atoms with Crippen LogP contribution in [-0.2, 0) is 0 Å². The van der Waals surface area contributed by atoms with E-state index in [4.69, 9.17) is 4.74 Å². The van der Waals surface area contributed by atoms with Gasteiger partial charge in [-0.2, -0.15) is 0 Å². The molecular weight excluding hydrogens is 246 g/mol. The van der Waals surface area contributed by atoms with Crippen LogP contribution in [0.2, 0.25) is 0 Å². The Morgan fingerprint density at radius 2 is 2.00 bits per heavy atom. The summed E-state index contributed by atoms with van der Waals surface area (Å²) in [4.78, 5) is 0. The van der Waals surface area contributed by atoms with Crippen LogP contribution in [0.3, 0.4) is 0 Å². The lowest BCUT2D eigenvalue weighted by Crippen LogP contribution is -2.28. The zero-order chi connectivity index (χ0) is 14.2. The van der Waals surface area contributed by atoms with Crippen molar-refractivity contribution in [2.45, 2.75) is 51.9 Å². The summed E-state index contributed by atoms with van der Waals surface area (Å²) in [7, 11) is 0. The van der Waals surface area contributed by atoms with Crippen molar-refractivity contribution in [1.29, 1.82) is 0 Å². The van der Waals surface area contributed by atoms with E-state index in [1.165, 1.54) is 37.7 Å². The van der Waals surface area contributed by atoms with Gasteiger partial charge in [0.05, 0.1) is 0 Å². The lowest BCUT2D eigenvalue weighted by atomic mass is 9.89. The Morgan fingerprint density at radius 3 is 2.75 bits per heavy atom. The van der Waals surface area contributed by atoms with Crippen LogP contribution >= 0.6 is 0 Å². The number of hydrogen-bond donors (Lipinski definition) is 1. The third-order valence-electron chi connectivity index (χ3n) is 4.23. The molecule has 2 rings (SSSR count). The first-order valence-corrected chi connectivity index (χ1v) is 8.19. The summed E-state index contributed by atoms with van der Waals surface area (Å²) in [5.74, 6) is 2.45. The normalized spacial score (nSPS) is 16.6. The molecule has 1 saturated carbocycles. The summed E-state index contributed by atoms with van der Waals surface area (Å²) in [6.45, 7) is 7.29. The maximum absolute atomic E-state index is 5.82. The van der Waals surface area contributed by atoms with Crippen molar-refractivity contribution >= 4 is 0 Å². The molecule has 0 spiro atoms. The van der Waals surface area contributed by atoms with Crippen molar-refractivity contribution in [3.8, 4) is 5.75 Å². The summed E-state index contributed by atoms with van der Waals surface area (Å²) >= 11 is 0. The molecule has 1 aliphatic rings. The molecule has 0 atom stereocenters. The number of nitrogens with one attached hydrogen (secondary N) is 1. The van der Waals surface area contributed by atoms with Crippen LogP contribution in [0.5, 0.6) is 5.75 Å². The molecule has 1 aromatic carbocycles. The molecule has 0 heterocycles. The van der Waals surface area contributed by atoms with Gasteiger partial charge in [-0.05, 0) is 48.9 Å². The minimum atomic E-state index is 0.558. The van der Waals surface area contributed by atoms with Gasteiger partial charge in [-0.1, -0.05) is 45.2 Å². The quantitative estimate of drug-likeness (QED) is 0.747. The molecule has 1 aliphatic carbocycles. The molecule has 1 aromatic rings. The monoisotopic (exact) mass is 275 g/mol. The van der Waals surface area contributed by atoms with Gasteiger partial charge < -0.3 is 10.1 Å². The molecule has 0 amide bonds. The molecule has 2 nitrogen and oxygen atoms in total. The van der Waals surface area contributed by atoms with Crippen molar-refractivity contribution in [2.75, 3.05) is 19.7 Å². The van der Waals surface area contributed by atoms with Gasteiger partial charge >= 0.3 is 0 Å². The highest BCUT2D eigenvalue weighted by atomic mass is 16.5. The fourth-order valence-electron chi connectivity index (χ4n) is 2.90. The molecule has 0 aromatic heterocycles. The van der Waals surface area contributed by atoms with E-state index in [2.05, 4.69) is 37.4 Å². The van der Waals surface area contributed by atoms with Gasteiger partial charge in [-0.15, -0.1) is 0 Å². The second kappa shape index (κ2) is 8.31. The summed E-state index contributed by atoms with van der Waals surface area (Å²) < 4.78 is 5.82. The van der Waals surface area contributed by atoms with Crippen molar-refractivity contribution in [3.63, 3.8) is 0 Å². The number of hydrogen-bond acceptors (Lipinski definition) is 2. The lowest BCUT2D eigenvalue weighted by molar-refractivity contribution is 0.294. The predicted molar refractivity (Wildman–Crippen MR) is 85.5 cm³/mol. The molecule has 0 radical (unpaired) electrons. The van der Waals surface area contributed by atoms with E-state index < -0.39 is 0 Å². The molecule has 2 heteroatoms. The molecule has 1 fully saturated rings. The zero-order valence-electron chi connectivity index (χ0n) is 13.0. The second-order valence-corrected chi connectivity index (χ2v) is 6.28. The molecule has 0 unspecified atom stereocenters. The topological polar surface area (TPSA) is 21.3 Å². The van der Waals surface area contributed by atoms with Crippen LogP contribution in [-0.4, -0.2) is 19.7 Å².